The van der Waals surface area contributed by atoms with E-state index in [9.17, 15) is 4.79 Å². The Morgan fingerprint density at radius 3 is 2.11 bits per heavy atom. The van der Waals surface area contributed by atoms with Gasteiger partial charge in [-0.25, -0.2) is 0 Å². The molecule has 3 nitrogen and oxygen atoms in total. The van der Waals surface area contributed by atoms with Crippen molar-refractivity contribution in [2.75, 3.05) is 7.11 Å². The number of ether oxygens (including phenoxy) is 1. The highest BCUT2D eigenvalue weighted by atomic mass is 16.5. The van der Waals surface area contributed by atoms with E-state index in [0.29, 0.717) is 0 Å². The summed E-state index contributed by atoms with van der Waals surface area (Å²) in [4.78, 5) is 10.2. The number of carbonyl (C=O) groups is 1. The second kappa shape index (κ2) is 3.45. The molecule has 0 bridgehead atoms. The van der Waals surface area contributed by atoms with E-state index < -0.39 is 11.9 Å². The van der Waals surface area contributed by atoms with Gasteiger partial charge in [0, 0.05) is 7.11 Å². The number of hydrogen-bond acceptors (Lipinski definition) is 2. The van der Waals surface area contributed by atoms with E-state index in [4.69, 9.17) is 9.84 Å². The van der Waals surface area contributed by atoms with Crippen molar-refractivity contribution in [1.29, 1.82) is 0 Å². The van der Waals surface area contributed by atoms with Gasteiger partial charge < -0.3 is 9.84 Å². The van der Waals surface area contributed by atoms with Crippen LogP contribution in [0.15, 0.2) is 0 Å². The lowest BCUT2D eigenvalue weighted by molar-refractivity contribution is -0.145. The molecule has 0 aliphatic carbocycles. The van der Waals surface area contributed by atoms with Crippen molar-refractivity contribution in [3.05, 3.63) is 0 Å². The van der Waals surface area contributed by atoms with Crippen molar-refractivity contribution in [1.82, 2.24) is 0 Å². The number of carboxylic acids is 1. The first-order valence-corrected chi connectivity index (χ1v) is 2.85. The van der Waals surface area contributed by atoms with Crippen LogP contribution in [0.25, 0.3) is 0 Å². The van der Waals surface area contributed by atoms with Crippen LogP contribution in [-0.2, 0) is 9.53 Å². The minimum atomic E-state index is -0.815. The molecule has 1 N–H and O–H groups in total. The van der Waals surface area contributed by atoms with Crippen molar-refractivity contribution in [2.45, 2.75) is 20.0 Å². The number of hydrogen-bond donors (Lipinski definition) is 1. The highest BCUT2D eigenvalue weighted by Crippen LogP contribution is 2.04. The van der Waals surface area contributed by atoms with Gasteiger partial charge in [-0.15, -0.1) is 0 Å². The van der Waals surface area contributed by atoms with E-state index >= 15 is 0 Å². The van der Waals surface area contributed by atoms with Crippen molar-refractivity contribution in [3.63, 3.8) is 0 Å². The molecular formula is C6H12O3. The fourth-order valence-corrected chi connectivity index (χ4v) is 0.405. The molecule has 9 heavy (non-hydrogen) atoms. The van der Waals surface area contributed by atoms with Gasteiger partial charge in [0.15, 0.2) is 0 Å². The molecule has 54 valence electrons. The maximum absolute atomic E-state index is 10.2. The summed E-state index contributed by atoms with van der Waals surface area (Å²) in [6.45, 7) is 3.36. The number of methoxy groups -OCH3 is 1. The monoisotopic (exact) mass is 132 g/mol. The third kappa shape index (κ3) is 2.46. The molecule has 0 saturated heterocycles. The molecule has 0 aromatic heterocycles. The third-order valence-corrected chi connectivity index (χ3v) is 1.47. The summed E-state index contributed by atoms with van der Waals surface area (Å²) in [5, 5.41) is 8.40. The summed E-state index contributed by atoms with van der Waals surface area (Å²) in [6, 6.07) is 0. The van der Waals surface area contributed by atoms with Crippen LogP contribution < -0.4 is 0 Å². The molecule has 0 aliphatic rings. The summed E-state index contributed by atoms with van der Waals surface area (Å²) in [5.74, 6) is -1.24. The lowest BCUT2D eigenvalue weighted by atomic mass is 10.1. The smallest absolute Gasteiger partial charge is 0.308 e. The van der Waals surface area contributed by atoms with Crippen molar-refractivity contribution < 1.29 is 14.6 Å². The van der Waals surface area contributed by atoms with Crippen LogP contribution in [0.5, 0.6) is 0 Å². The van der Waals surface area contributed by atoms with Gasteiger partial charge in [0.1, 0.15) is 0 Å². The molecule has 0 amide bonds. The molecule has 0 saturated carbocycles. The van der Waals surface area contributed by atoms with Crippen LogP contribution in [0.4, 0.5) is 0 Å². The Labute approximate surface area is 54.6 Å². The SMILES string of the molecule is COC(C)C(C)C(=O)O. The van der Waals surface area contributed by atoms with Crippen LogP contribution in [0.1, 0.15) is 13.8 Å². The van der Waals surface area contributed by atoms with Crippen LogP contribution >= 0.6 is 0 Å². The Bertz CT molecular complexity index is 100. The minimum Gasteiger partial charge on any atom is -0.481 e. The number of aliphatic carboxylic acids is 1. The van der Waals surface area contributed by atoms with Gasteiger partial charge in [0.25, 0.3) is 0 Å². The zero-order chi connectivity index (χ0) is 7.44. The topological polar surface area (TPSA) is 46.5 Å². The second-order valence-corrected chi connectivity index (χ2v) is 2.07. The Hall–Kier alpha value is -0.570. The average Bonchev–Trinajstić information content (AvgIpc) is 1.84. The Balaban J connectivity index is 3.72. The zero-order valence-corrected chi connectivity index (χ0v) is 5.92. The molecule has 0 spiro atoms. The first kappa shape index (κ1) is 8.43. The van der Waals surface area contributed by atoms with Gasteiger partial charge in [-0.1, -0.05) is 0 Å². The van der Waals surface area contributed by atoms with Gasteiger partial charge in [-0.05, 0) is 13.8 Å². The minimum absolute atomic E-state index is 0.206. The molecule has 0 rings (SSSR count). The van der Waals surface area contributed by atoms with Gasteiger partial charge >= 0.3 is 5.97 Å². The predicted molar refractivity (Wildman–Crippen MR) is 33.3 cm³/mol. The standard InChI is InChI=1S/C6H12O3/c1-4(6(7)8)5(2)9-3/h4-5H,1-3H3,(H,7,8). The van der Waals surface area contributed by atoms with Crippen LogP contribution in [0.3, 0.4) is 0 Å². The maximum atomic E-state index is 10.2. The lowest BCUT2D eigenvalue weighted by Gasteiger charge is -2.12. The largest absolute Gasteiger partial charge is 0.481 e. The van der Waals surface area contributed by atoms with E-state index in [1.807, 2.05) is 0 Å². The molecule has 0 aromatic carbocycles. The fraction of sp³-hybridized carbons (Fsp3) is 0.833. The maximum Gasteiger partial charge on any atom is 0.308 e. The normalized spacial score (nSPS) is 16.8. The third-order valence-electron chi connectivity index (χ3n) is 1.47. The van der Waals surface area contributed by atoms with Crippen molar-refractivity contribution in [2.24, 2.45) is 5.92 Å². The molecule has 2 atom stereocenters. The second-order valence-electron chi connectivity index (χ2n) is 2.07. The quantitative estimate of drug-likeness (QED) is 0.616. The van der Waals surface area contributed by atoms with Gasteiger partial charge in [-0.2, -0.15) is 0 Å². The molecule has 3 heteroatoms. The first-order chi connectivity index (χ1) is 4.09. The Morgan fingerprint density at radius 1 is 1.56 bits per heavy atom. The van der Waals surface area contributed by atoms with Crippen LogP contribution in [-0.4, -0.2) is 24.3 Å². The van der Waals surface area contributed by atoms with Gasteiger partial charge in [0.05, 0.1) is 12.0 Å². The molecular weight excluding hydrogens is 120 g/mol. The van der Waals surface area contributed by atoms with Crippen LogP contribution in [0.2, 0.25) is 0 Å². The van der Waals surface area contributed by atoms with Crippen molar-refractivity contribution >= 4 is 5.97 Å². The summed E-state index contributed by atoms with van der Waals surface area (Å²) >= 11 is 0. The summed E-state index contributed by atoms with van der Waals surface area (Å²) in [5.41, 5.74) is 0. The van der Waals surface area contributed by atoms with E-state index in [-0.39, 0.29) is 6.10 Å². The van der Waals surface area contributed by atoms with E-state index in [0.717, 1.165) is 0 Å². The Kier molecular flexibility index (Phi) is 3.24. The van der Waals surface area contributed by atoms with Crippen molar-refractivity contribution in [3.8, 4) is 0 Å². The summed E-state index contributed by atoms with van der Waals surface area (Å²) in [6.07, 6.45) is -0.206. The first-order valence-electron chi connectivity index (χ1n) is 2.85. The average molecular weight is 132 g/mol. The number of rotatable bonds is 3. The Morgan fingerprint density at radius 2 is 2.00 bits per heavy atom. The highest BCUT2D eigenvalue weighted by Gasteiger charge is 2.17. The van der Waals surface area contributed by atoms with Gasteiger partial charge in [0.2, 0.25) is 0 Å². The highest BCUT2D eigenvalue weighted by molar-refractivity contribution is 5.70. The molecule has 0 heterocycles. The molecule has 0 aromatic rings. The summed E-state index contributed by atoms with van der Waals surface area (Å²) in [7, 11) is 1.50. The van der Waals surface area contributed by atoms with E-state index in [1.165, 1.54) is 7.11 Å². The van der Waals surface area contributed by atoms with Crippen LogP contribution in [0, 0.1) is 5.92 Å². The zero-order valence-electron chi connectivity index (χ0n) is 5.92. The van der Waals surface area contributed by atoms with E-state index in [1.54, 1.807) is 13.8 Å². The van der Waals surface area contributed by atoms with Gasteiger partial charge in [-0.3, -0.25) is 4.79 Å². The summed E-state index contributed by atoms with van der Waals surface area (Å²) < 4.78 is 4.79. The predicted octanol–water partition coefficient (Wildman–Crippen LogP) is 0.742. The lowest BCUT2D eigenvalue weighted by Crippen LogP contribution is -2.24. The molecule has 0 radical (unpaired) electrons. The molecule has 0 aliphatic heterocycles. The van der Waals surface area contributed by atoms with E-state index in [2.05, 4.69) is 0 Å². The fourth-order valence-electron chi connectivity index (χ4n) is 0.405. The molecule has 0 fully saturated rings. The number of carboxylic acid groups (broad SMARTS) is 1. The molecule has 2 unspecified atom stereocenters.